The van der Waals surface area contributed by atoms with Crippen LogP contribution in [0.5, 0.6) is 11.5 Å². The Hall–Kier alpha value is -3.57. The van der Waals surface area contributed by atoms with Gasteiger partial charge in [-0.25, -0.2) is 0 Å². The van der Waals surface area contributed by atoms with Gasteiger partial charge in [-0.3, -0.25) is 14.9 Å². The van der Waals surface area contributed by atoms with Gasteiger partial charge in [0.2, 0.25) is 0 Å². The number of hydrogen-bond donors (Lipinski definition) is 1. The number of carbonyl (C=O) groups is 1. The third kappa shape index (κ3) is 4.99. The monoisotopic (exact) mass is 401 g/mol. The number of nitrogens with zero attached hydrogens (tertiary/aromatic N) is 2. The number of nitro groups is 1. The Morgan fingerprint density at radius 1 is 1.39 bits per heavy atom. The molecule has 2 aromatic carbocycles. The summed E-state index contributed by atoms with van der Waals surface area (Å²) in [6.45, 7) is 2.17. The summed E-state index contributed by atoms with van der Waals surface area (Å²) in [6.07, 6.45) is 1.33. The first-order valence-corrected chi connectivity index (χ1v) is 8.45. The Morgan fingerprint density at radius 2 is 2.14 bits per heavy atom. The second-order valence-electron chi connectivity index (χ2n) is 5.40. The number of benzene rings is 2. The largest absolute Gasteiger partial charge is 0.491 e. The standard InChI is InChI=1S/C19H16ClN3O5/c1-3-28-17-9-12(8-16(20)18(17)27-2)7-13(11-21)19(24)22-14-5-4-6-15(10-14)23(25)26/h4-10H,3H2,1-2H3,(H,22,24)/b13-7+. The first kappa shape index (κ1) is 20.7. The smallest absolute Gasteiger partial charge is 0.271 e. The molecule has 144 valence electrons. The second-order valence-corrected chi connectivity index (χ2v) is 5.81. The second kappa shape index (κ2) is 9.39. The predicted molar refractivity (Wildman–Crippen MR) is 104 cm³/mol. The normalized spacial score (nSPS) is 10.7. The molecule has 0 radical (unpaired) electrons. The van der Waals surface area contributed by atoms with Gasteiger partial charge in [-0.05, 0) is 36.8 Å². The molecule has 28 heavy (non-hydrogen) atoms. The molecule has 0 bridgehead atoms. The lowest BCUT2D eigenvalue weighted by Gasteiger charge is -2.12. The van der Waals surface area contributed by atoms with Gasteiger partial charge in [-0.1, -0.05) is 17.7 Å². The molecule has 0 unspecified atom stereocenters. The van der Waals surface area contributed by atoms with E-state index in [1.165, 1.54) is 43.5 Å². The van der Waals surface area contributed by atoms with Crippen molar-refractivity contribution in [3.8, 4) is 17.6 Å². The van der Waals surface area contributed by atoms with Crippen molar-refractivity contribution in [3.05, 3.63) is 62.7 Å². The van der Waals surface area contributed by atoms with Crippen LogP contribution in [0.1, 0.15) is 12.5 Å². The number of anilines is 1. The highest BCUT2D eigenvalue weighted by atomic mass is 35.5. The van der Waals surface area contributed by atoms with E-state index in [1.807, 2.05) is 6.07 Å². The van der Waals surface area contributed by atoms with E-state index in [1.54, 1.807) is 13.0 Å². The predicted octanol–water partition coefficient (Wildman–Crippen LogP) is 4.20. The van der Waals surface area contributed by atoms with Crippen molar-refractivity contribution in [2.24, 2.45) is 0 Å². The van der Waals surface area contributed by atoms with E-state index in [4.69, 9.17) is 21.1 Å². The van der Waals surface area contributed by atoms with Gasteiger partial charge < -0.3 is 14.8 Å². The molecule has 0 spiro atoms. The van der Waals surface area contributed by atoms with Gasteiger partial charge in [0, 0.05) is 17.8 Å². The summed E-state index contributed by atoms with van der Waals surface area (Å²) >= 11 is 6.17. The van der Waals surface area contributed by atoms with Crippen LogP contribution < -0.4 is 14.8 Å². The van der Waals surface area contributed by atoms with Crippen molar-refractivity contribution in [1.29, 1.82) is 5.26 Å². The van der Waals surface area contributed by atoms with Gasteiger partial charge in [0.05, 0.1) is 23.7 Å². The Balaban J connectivity index is 2.33. The fourth-order valence-corrected chi connectivity index (χ4v) is 2.64. The van der Waals surface area contributed by atoms with Crippen LogP contribution in [0.25, 0.3) is 6.08 Å². The number of nitrogens with one attached hydrogen (secondary N) is 1. The molecule has 0 aliphatic rings. The number of methoxy groups -OCH3 is 1. The summed E-state index contributed by atoms with van der Waals surface area (Å²) in [6, 6.07) is 10.3. The van der Waals surface area contributed by atoms with Gasteiger partial charge in [0.15, 0.2) is 11.5 Å². The van der Waals surface area contributed by atoms with Gasteiger partial charge in [-0.2, -0.15) is 5.26 Å². The maximum absolute atomic E-state index is 12.4. The first-order valence-electron chi connectivity index (χ1n) is 8.07. The molecule has 0 fully saturated rings. The summed E-state index contributed by atoms with van der Waals surface area (Å²) < 4.78 is 10.7. The van der Waals surface area contributed by atoms with Gasteiger partial charge in [0.1, 0.15) is 11.6 Å². The zero-order chi connectivity index (χ0) is 20.7. The van der Waals surface area contributed by atoms with Crippen molar-refractivity contribution in [1.82, 2.24) is 0 Å². The van der Waals surface area contributed by atoms with E-state index in [-0.39, 0.29) is 22.0 Å². The van der Waals surface area contributed by atoms with Crippen LogP contribution in [-0.4, -0.2) is 24.5 Å². The molecule has 0 atom stereocenters. The summed E-state index contributed by atoms with van der Waals surface area (Å²) in [5.74, 6) is 0.00764. The molecule has 0 aliphatic carbocycles. The maximum Gasteiger partial charge on any atom is 0.271 e. The maximum atomic E-state index is 12.4. The molecule has 8 nitrogen and oxygen atoms in total. The third-order valence-electron chi connectivity index (χ3n) is 3.53. The van der Waals surface area contributed by atoms with Crippen molar-refractivity contribution in [2.75, 3.05) is 19.0 Å². The minimum Gasteiger partial charge on any atom is -0.491 e. The van der Waals surface area contributed by atoms with E-state index in [9.17, 15) is 20.2 Å². The van der Waals surface area contributed by atoms with Crippen molar-refractivity contribution >= 4 is 35.0 Å². The van der Waals surface area contributed by atoms with E-state index in [2.05, 4.69) is 5.32 Å². The molecular weight excluding hydrogens is 386 g/mol. The van der Waals surface area contributed by atoms with E-state index < -0.39 is 10.8 Å². The molecule has 9 heteroatoms. The van der Waals surface area contributed by atoms with E-state index >= 15 is 0 Å². The number of halogens is 1. The Bertz CT molecular complexity index is 982. The van der Waals surface area contributed by atoms with Crippen LogP contribution in [0.3, 0.4) is 0 Å². The fourth-order valence-electron chi connectivity index (χ4n) is 2.34. The van der Waals surface area contributed by atoms with E-state index in [0.29, 0.717) is 23.7 Å². The lowest BCUT2D eigenvalue weighted by molar-refractivity contribution is -0.384. The van der Waals surface area contributed by atoms with Gasteiger partial charge in [0.25, 0.3) is 11.6 Å². The number of nitriles is 1. The zero-order valence-electron chi connectivity index (χ0n) is 15.1. The van der Waals surface area contributed by atoms with Crippen LogP contribution in [0.2, 0.25) is 5.02 Å². The topological polar surface area (TPSA) is 114 Å². The SMILES string of the molecule is CCOc1cc(/C=C(\C#N)C(=O)Nc2cccc([N+](=O)[O-])c2)cc(Cl)c1OC. The van der Waals surface area contributed by atoms with Crippen LogP contribution in [0, 0.1) is 21.4 Å². The molecule has 1 N–H and O–H groups in total. The number of carbonyl (C=O) groups excluding carboxylic acids is 1. The minimum atomic E-state index is -0.715. The number of hydrogen-bond acceptors (Lipinski definition) is 6. The molecule has 0 heterocycles. The summed E-state index contributed by atoms with van der Waals surface area (Å²) in [4.78, 5) is 22.6. The Labute approximate surface area is 166 Å². The van der Waals surface area contributed by atoms with Crippen molar-refractivity contribution in [2.45, 2.75) is 6.92 Å². The molecule has 2 rings (SSSR count). The summed E-state index contributed by atoms with van der Waals surface area (Å²) in [7, 11) is 1.45. The lowest BCUT2D eigenvalue weighted by atomic mass is 10.1. The first-order chi connectivity index (χ1) is 13.4. The Morgan fingerprint density at radius 3 is 2.75 bits per heavy atom. The van der Waals surface area contributed by atoms with Crippen LogP contribution in [-0.2, 0) is 4.79 Å². The van der Waals surface area contributed by atoms with E-state index in [0.717, 1.165) is 0 Å². The van der Waals surface area contributed by atoms with Crippen molar-refractivity contribution < 1.29 is 19.2 Å². The highest BCUT2D eigenvalue weighted by molar-refractivity contribution is 6.32. The molecule has 0 saturated heterocycles. The molecule has 0 aliphatic heterocycles. The molecular formula is C19H16ClN3O5. The van der Waals surface area contributed by atoms with Crippen LogP contribution in [0.15, 0.2) is 42.0 Å². The Kier molecular flexibility index (Phi) is 6.96. The lowest BCUT2D eigenvalue weighted by Crippen LogP contribution is -2.13. The quantitative estimate of drug-likeness (QED) is 0.322. The van der Waals surface area contributed by atoms with Crippen LogP contribution >= 0.6 is 11.6 Å². The number of nitro benzene ring substituents is 1. The molecule has 2 aromatic rings. The molecule has 1 amide bonds. The minimum absolute atomic E-state index is 0.177. The molecule has 0 saturated carbocycles. The third-order valence-corrected chi connectivity index (χ3v) is 3.81. The number of non-ortho nitro benzene ring substituents is 1. The molecule has 0 aromatic heterocycles. The highest BCUT2D eigenvalue weighted by Crippen LogP contribution is 2.37. The summed E-state index contributed by atoms with van der Waals surface area (Å²) in [5, 5.41) is 22.9. The van der Waals surface area contributed by atoms with Gasteiger partial charge >= 0.3 is 0 Å². The number of amides is 1. The average Bonchev–Trinajstić information content (AvgIpc) is 2.66. The summed E-state index contributed by atoms with van der Waals surface area (Å²) in [5.41, 5.74) is 0.266. The van der Waals surface area contributed by atoms with Crippen molar-refractivity contribution in [3.63, 3.8) is 0 Å². The number of ether oxygens (including phenoxy) is 2. The van der Waals surface area contributed by atoms with Crippen LogP contribution in [0.4, 0.5) is 11.4 Å². The number of rotatable bonds is 7. The zero-order valence-corrected chi connectivity index (χ0v) is 15.8. The van der Waals surface area contributed by atoms with Gasteiger partial charge in [-0.15, -0.1) is 0 Å². The highest BCUT2D eigenvalue weighted by Gasteiger charge is 2.15. The fraction of sp³-hybridized carbons (Fsp3) is 0.158. The average molecular weight is 402 g/mol.